The minimum Gasteiger partial charge on any atom is -0.454 e. The van der Waals surface area contributed by atoms with Crippen LogP contribution < -0.4 is 14.8 Å². The predicted molar refractivity (Wildman–Crippen MR) is 80.0 cm³/mol. The van der Waals surface area contributed by atoms with Crippen molar-refractivity contribution in [1.82, 2.24) is 15.1 Å². The van der Waals surface area contributed by atoms with E-state index >= 15 is 0 Å². The molecule has 1 aromatic carbocycles. The molecule has 0 bridgehead atoms. The second kappa shape index (κ2) is 5.10. The molecule has 1 aliphatic rings. The highest BCUT2D eigenvalue weighted by Crippen LogP contribution is 2.40. The van der Waals surface area contributed by atoms with Gasteiger partial charge in [-0.15, -0.1) is 0 Å². The molecule has 1 N–H and O–H groups in total. The molecule has 0 saturated heterocycles. The number of fused-ring (bicyclic) bond motifs is 1. The Morgan fingerprint density at radius 2 is 2.05 bits per heavy atom. The number of ether oxygens (including phenoxy) is 2. The van der Waals surface area contributed by atoms with Crippen molar-refractivity contribution < 1.29 is 9.47 Å². The van der Waals surface area contributed by atoms with Gasteiger partial charge in [0.25, 0.3) is 0 Å². The van der Waals surface area contributed by atoms with Crippen molar-refractivity contribution in [2.75, 3.05) is 13.8 Å². The van der Waals surface area contributed by atoms with Gasteiger partial charge in [-0.2, -0.15) is 5.10 Å². The third-order valence-electron chi connectivity index (χ3n) is 3.37. The summed E-state index contributed by atoms with van der Waals surface area (Å²) in [6, 6.07) is 4.03. The average molecular weight is 338 g/mol. The minimum atomic E-state index is 0.287. The second-order valence-corrected chi connectivity index (χ2v) is 5.58. The number of benzene rings is 1. The molecule has 106 valence electrons. The van der Waals surface area contributed by atoms with Crippen molar-refractivity contribution in [1.29, 1.82) is 0 Å². The number of hydrogen-bond acceptors (Lipinski definition) is 4. The van der Waals surface area contributed by atoms with E-state index in [2.05, 4.69) is 33.3 Å². The number of aryl methyl sites for hydroxylation is 2. The first-order valence-electron chi connectivity index (χ1n) is 6.38. The zero-order valence-electron chi connectivity index (χ0n) is 11.7. The Morgan fingerprint density at radius 1 is 1.35 bits per heavy atom. The molecule has 1 aliphatic heterocycles. The molecule has 0 aliphatic carbocycles. The van der Waals surface area contributed by atoms with Crippen molar-refractivity contribution in [3.8, 4) is 22.8 Å². The molecule has 0 saturated carbocycles. The van der Waals surface area contributed by atoms with Gasteiger partial charge in [0.05, 0.1) is 15.9 Å². The molecule has 20 heavy (non-hydrogen) atoms. The van der Waals surface area contributed by atoms with E-state index in [1.54, 1.807) is 0 Å². The quantitative estimate of drug-likeness (QED) is 0.935. The monoisotopic (exact) mass is 337 g/mol. The van der Waals surface area contributed by atoms with Crippen LogP contribution in [0.5, 0.6) is 11.5 Å². The average Bonchev–Trinajstić information content (AvgIpc) is 2.95. The van der Waals surface area contributed by atoms with Gasteiger partial charge in [0.1, 0.15) is 0 Å². The molecule has 0 radical (unpaired) electrons. The molecule has 1 aromatic heterocycles. The van der Waals surface area contributed by atoms with E-state index in [0.717, 1.165) is 45.0 Å². The van der Waals surface area contributed by atoms with Crippen molar-refractivity contribution in [3.63, 3.8) is 0 Å². The lowest BCUT2D eigenvalue weighted by molar-refractivity contribution is 0.174. The summed E-state index contributed by atoms with van der Waals surface area (Å²) < 4.78 is 13.8. The van der Waals surface area contributed by atoms with E-state index in [1.807, 2.05) is 30.9 Å². The van der Waals surface area contributed by atoms with Gasteiger partial charge < -0.3 is 14.8 Å². The maximum atomic E-state index is 5.47. The Bertz CT molecular complexity index is 667. The number of rotatable bonds is 3. The summed E-state index contributed by atoms with van der Waals surface area (Å²) in [5, 5.41) is 7.67. The highest BCUT2D eigenvalue weighted by atomic mass is 79.9. The van der Waals surface area contributed by atoms with Gasteiger partial charge in [-0.3, -0.25) is 4.68 Å². The summed E-state index contributed by atoms with van der Waals surface area (Å²) >= 11 is 3.66. The molecular formula is C14H16BrN3O2. The molecule has 0 unspecified atom stereocenters. The zero-order chi connectivity index (χ0) is 14.3. The second-order valence-electron chi connectivity index (χ2n) is 4.78. The molecule has 6 heteroatoms. The highest BCUT2D eigenvalue weighted by Gasteiger charge is 2.21. The van der Waals surface area contributed by atoms with Crippen molar-refractivity contribution in [2.45, 2.75) is 13.5 Å². The zero-order valence-corrected chi connectivity index (χ0v) is 13.2. The van der Waals surface area contributed by atoms with E-state index in [1.165, 1.54) is 0 Å². The van der Waals surface area contributed by atoms with Crippen LogP contribution in [0.1, 0.15) is 11.3 Å². The van der Waals surface area contributed by atoms with Crippen LogP contribution >= 0.6 is 15.9 Å². The standard InChI is InChI=1S/C14H16BrN3O2/c1-8-4-11-12(20-7-19-11)5-9(8)14-13(15)10(6-16-2)17-18(14)3/h4-5,16H,6-7H2,1-3H3. The van der Waals surface area contributed by atoms with Crippen LogP contribution in [0.25, 0.3) is 11.3 Å². The van der Waals surface area contributed by atoms with Crippen LogP contribution in [-0.2, 0) is 13.6 Å². The molecule has 0 amide bonds. The summed E-state index contributed by atoms with van der Waals surface area (Å²) in [5.41, 5.74) is 4.26. The van der Waals surface area contributed by atoms with Crippen LogP contribution in [0.2, 0.25) is 0 Å². The Labute approximate surface area is 126 Å². The fourth-order valence-electron chi connectivity index (χ4n) is 2.43. The molecule has 0 fully saturated rings. The summed E-state index contributed by atoms with van der Waals surface area (Å²) in [5.74, 6) is 1.59. The third-order valence-corrected chi connectivity index (χ3v) is 4.21. The lowest BCUT2D eigenvalue weighted by Gasteiger charge is -2.09. The summed E-state index contributed by atoms with van der Waals surface area (Å²) in [6.45, 7) is 3.07. The smallest absolute Gasteiger partial charge is 0.231 e. The van der Waals surface area contributed by atoms with Crippen LogP contribution in [0.15, 0.2) is 16.6 Å². The number of hydrogen-bond donors (Lipinski definition) is 1. The fourth-order valence-corrected chi connectivity index (χ4v) is 3.12. The third kappa shape index (κ3) is 2.09. The van der Waals surface area contributed by atoms with Crippen LogP contribution in [0.3, 0.4) is 0 Å². The van der Waals surface area contributed by atoms with E-state index in [9.17, 15) is 0 Å². The Morgan fingerprint density at radius 3 is 2.75 bits per heavy atom. The molecule has 5 nitrogen and oxygen atoms in total. The first-order valence-corrected chi connectivity index (χ1v) is 7.17. The highest BCUT2D eigenvalue weighted by molar-refractivity contribution is 9.10. The van der Waals surface area contributed by atoms with Gasteiger partial charge in [0.15, 0.2) is 11.5 Å². The molecule has 2 heterocycles. The summed E-state index contributed by atoms with van der Waals surface area (Å²) in [7, 11) is 3.86. The fraction of sp³-hybridized carbons (Fsp3) is 0.357. The summed E-state index contributed by atoms with van der Waals surface area (Å²) in [4.78, 5) is 0. The topological polar surface area (TPSA) is 48.3 Å². The first-order chi connectivity index (χ1) is 9.61. The SMILES string of the molecule is CNCc1nn(C)c(-c2cc3c(cc2C)OCO3)c1Br. The number of halogens is 1. The molecule has 3 rings (SSSR count). The lowest BCUT2D eigenvalue weighted by atomic mass is 10.0. The van der Waals surface area contributed by atoms with Gasteiger partial charge in [-0.05, 0) is 47.6 Å². The normalized spacial score (nSPS) is 13.0. The first kappa shape index (κ1) is 13.5. The minimum absolute atomic E-state index is 0.287. The predicted octanol–water partition coefficient (Wildman–Crippen LogP) is 2.61. The van der Waals surface area contributed by atoms with Gasteiger partial charge in [0, 0.05) is 19.2 Å². The van der Waals surface area contributed by atoms with E-state index < -0.39 is 0 Å². The number of nitrogens with zero attached hydrogens (tertiary/aromatic N) is 2. The van der Waals surface area contributed by atoms with Crippen LogP contribution in [0, 0.1) is 6.92 Å². The maximum absolute atomic E-state index is 5.47. The molecular weight excluding hydrogens is 322 g/mol. The van der Waals surface area contributed by atoms with Crippen molar-refractivity contribution in [2.24, 2.45) is 7.05 Å². The molecule has 2 aromatic rings. The van der Waals surface area contributed by atoms with Crippen molar-refractivity contribution in [3.05, 3.63) is 27.9 Å². The lowest BCUT2D eigenvalue weighted by Crippen LogP contribution is -2.06. The van der Waals surface area contributed by atoms with Crippen LogP contribution in [-0.4, -0.2) is 23.6 Å². The van der Waals surface area contributed by atoms with Gasteiger partial charge in [-0.1, -0.05) is 0 Å². The van der Waals surface area contributed by atoms with Gasteiger partial charge >= 0.3 is 0 Å². The molecule has 0 atom stereocenters. The number of aromatic nitrogens is 2. The van der Waals surface area contributed by atoms with Crippen LogP contribution in [0.4, 0.5) is 0 Å². The Hall–Kier alpha value is -1.53. The number of nitrogens with one attached hydrogen (secondary N) is 1. The Balaban J connectivity index is 2.14. The van der Waals surface area contributed by atoms with E-state index in [4.69, 9.17) is 9.47 Å². The van der Waals surface area contributed by atoms with Gasteiger partial charge in [-0.25, -0.2) is 0 Å². The van der Waals surface area contributed by atoms with Gasteiger partial charge in [0.2, 0.25) is 6.79 Å². The Kier molecular flexibility index (Phi) is 3.43. The largest absolute Gasteiger partial charge is 0.454 e. The summed E-state index contributed by atoms with van der Waals surface area (Å²) in [6.07, 6.45) is 0. The van der Waals surface area contributed by atoms with E-state index in [0.29, 0.717) is 0 Å². The molecule has 0 spiro atoms. The van der Waals surface area contributed by atoms with E-state index in [-0.39, 0.29) is 6.79 Å². The maximum Gasteiger partial charge on any atom is 0.231 e. The van der Waals surface area contributed by atoms with Crippen molar-refractivity contribution >= 4 is 15.9 Å².